The fourth-order valence-electron chi connectivity index (χ4n) is 1.79. The van der Waals surface area contributed by atoms with Gasteiger partial charge in [0.25, 0.3) is 0 Å². The Bertz CT molecular complexity index is 756. The number of carbonyl (C=O) groups is 1. The Morgan fingerprint density at radius 3 is 2.82 bits per heavy atom. The first-order valence-corrected chi connectivity index (χ1v) is 8.24. The van der Waals surface area contributed by atoms with Gasteiger partial charge in [0.1, 0.15) is 5.51 Å². The summed E-state index contributed by atoms with van der Waals surface area (Å²) in [4.78, 5) is 11.8. The monoisotopic (exact) mass is 332 g/mol. The number of nitrogens with one attached hydrogen (secondary N) is 1. The number of thioether (sulfide) groups is 1. The number of hydrogen-bond donors (Lipinski definition) is 1. The zero-order chi connectivity index (χ0) is 15.4. The van der Waals surface area contributed by atoms with E-state index < -0.39 is 0 Å². The van der Waals surface area contributed by atoms with E-state index in [1.54, 1.807) is 5.51 Å². The lowest BCUT2D eigenvalue weighted by Gasteiger charge is -2.03. The number of carbonyl (C=O) groups excluding carboxylic acids is 1. The minimum absolute atomic E-state index is 0.147. The van der Waals surface area contributed by atoms with E-state index in [2.05, 4.69) is 25.7 Å². The van der Waals surface area contributed by atoms with Crippen LogP contribution in [-0.4, -0.2) is 36.6 Å². The number of hydrogen-bond acceptors (Lipinski definition) is 7. The first kappa shape index (κ1) is 14.7. The van der Waals surface area contributed by atoms with E-state index in [1.807, 2.05) is 41.9 Å². The molecule has 0 radical (unpaired) electrons. The number of rotatable bonds is 5. The maximum absolute atomic E-state index is 11.8. The molecule has 1 amide bonds. The molecular formula is C13H12N6OS2. The molecule has 0 aliphatic rings. The lowest BCUT2D eigenvalue weighted by atomic mass is 10.2. The van der Waals surface area contributed by atoms with Crippen LogP contribution in [0.2, 0.25) is 0 Å². The third kappa shape index (κ3) is 3.31. The van der Waals surface area contributed by atoms with Crippen molar-refractivity contribution in [3.63, 3.8) is 0 Å². The van der Waals surface area contributed by atoms with Gasteiger partial charge >= 0.3 is 0 Å². The molecule has 0 aliphatic carbocycles. The highest BCUT2D eigenvalue weighted by molar-refractivity contribution is 7.99. The van der Waals surface area contributed by atoms with Gasteiger partial charge in [0, 0.05) is 12.6 Å². The Balaban J connectivity index is 1.64. The normalized spacial score (nSPS) is 10.6. The zero-order valence-corrected chi connectivity index (χ0v) is 13.3. The maximum atomic E-state index is 11.8. The van der Waals surface area contributed by atoms with E-state index in [0.717, 1.165) is 11.4 Å². The van der Waals surface area contributed by atoms with Crippen LogP contribution in [0.4, 0.5) is 5.13 Å². The minimum Gasteiger partial charge on any atom is -0.305 e. The van der Waals surface area contributed by atoms with Gasteiger partial charge in [-0.3, -0.25) is 10.1 Å². The van der Waals surface area contributed by atoms with Crippen LogP contribution in [0.15, 0.2) is 41.0 Å². The molecule has 112 valence electrons. The van der Waals surface area contributed by atoms with Crippen molar-refractivity contribution < 1.29 is 4.79 Å². The van der Waals surface area contributed by atoms with Crippen molar-refractivity contribution in [1.29, 1.82) is 0 Å². The number of anilines is 1. The van der Waals surface area contributed by atoms with Crippen molar-refractivity contribution in [2.45, 2.75) is 5.16 Å². The molecule has 2 aromatic heterocycles. The molecule has 9 heteroatoms. The smallest absolute Gasteiger partial charge is 0.236 e. The summed E-state index contributed by atoms with van der Waals surface area (Å²) in [6.07, 6.45) is 0. The van der Waals surface area contributed by atoms with Gasteiger partial charge in [-0.15, -0.1) is 20.4 Å². The quantitative estimate of drug-likeness (QED) is 0.720. The van der Waals surface area contributed by atoms with Crippen molar-refractivity contribution in [3.05, 3.63) is 35.8 Å². The van der Waals surface area contributed by atoms with E-state index in [9.17, 15) is 4.79 Å². The van der Waals surface area contributed by atoms with Gasteiger partial charge in [0.15, 0.2) is 11.0 Å². The molecule has 0 fully saturated rings. The Morgan fingerprint density at radius 2 is 2.09 bits per heavy atom. The number of aromatic nitrogens is 5. The molecular weight excluding hydrogens is 320 g/mol. The third-order valence-electron chi connectivity index (χ3n) is 2.81. The molecule has 1 aromatic carbocycles. The van der Waals surface area contributed by atoms with E-state index in [1.165, 1.54) is 23.1 Å². The van der Waals surface area contributed by atoms with E-state index in [0.29, 0.717) is 10.3 Å². The maximum Gasteiger partial charge on any atom is 0.236 e. The molecule has 0 atom stereocenters. The highest BCUT2D eigenvalue weighted by atomic mass is 32.2. The summed E-state index contributed by atoms with van der Waals surface area (Å²) in [6, 6.07) is 9.80. The fraction of sp³-hybridized carbons (Fsp3) is 0.154. The molecule has 3 aromatic rings. The average Bonchev–Trinajstić information content (AvgIpc) is 3.16. The van der Waals surface area contributed by atoms with E-state index in [-0.39, 0.29) is 11.7 Å². The summed E-state index contributed by atoms with van der Waals surface area (Å²) in [6.45, 7) is 0. The summed E-state index contributed by atoms with van der Waals surface area (Å²) in [7, 11) is 1.88. The first-order chi connectivity index (χ1) is 10.7. The second-order valence-electron chi connectivity index (χ2n) is 4.31. The Morgan fingerprint density at radius 1 is 1.27 bits per heavy atom. The Kier molecular flexibility index (Phi) is 4.45. The zero-order valence-electron chi connectivity index (χ0n) is 11.6. The second-order valence-corrected chi connectivity index (χ2v) is 6.09. The van der Waals surface area contributed by atoms with Crippen LogP contribution in [0.25, 0.3) is 11.4 Å². The predicted molar refractivity (Wildman–Crippen MR) is 85.7 cm³/mol. The highest BCUT2D eigenvalue weighted by Crippen LogP contribution is 2.22. The summed E-state index contributed by atoms with van der Waals surface area (Å²) >= 11 is 2.61. The molecule has 3 rings (SSSR count). The van der Waals surface area contributed by atoms with Crippen molar-refractivity contribution in [2.24, 2.45) is 7.05 Å². The lowest BCUT2D eigenvalue weighted by Crippen LogP contribution is -2.14. The summed E-state index contributed by atoms with van der Waals surface area (Å²) in [5.41, 5.74) is 2.56. The van der Waals surface area contributed by atoms with E-state index >= 15 is 0 Å². The average molecular weight is 332 g/mol. The summed E-state index contributed by atoms with van der Waals surface area (Å²) in [5, 5.41) is 19.6. The SMILES string of the molecule is Cn1c(SCC(=O)Nc2nncs2)nnc1-c1ccccc1. The van der Waals surface area contributed by atoms with Crippen LogP contribution < -0.4 is 5.32 Å². The van der Waals surface area contributed by atoms with Crippen molar-refractivity contribution >= 4 is 34.1 Å². The minimum atomic E-state index is -0.147. The topological polar surface area (TPSA) is 85.6 Å². The largest absolute Gasteiger partial charge is 0.305 e. The fourth-order valence-corrected chi connectivity index (χ4v) is 2.96. The first-order valence-electron chi connectivity index (χ1n) is 6.37. The standard InChI is InChI=1S/C13H12N6OS2/c1-19-11(9-5-3-2-4-6-9)16-18-13(19)21-7-10(20)15-12-17-14-8-22-12/h2-6,8H,7H2,1H3,(H,15,17,20). The summed E-state index contributed by atoms with van der Waals surface area (Å²) < 4.78 is 1.87. The van der Waals surface area contributed by atoms with Crippen LogP contribution in [0.3, 0.4) is 0 Å². The molecule has 0 saturated carbocycles. The van der Waals surface area contributed by atoms with Gasteiger partial charge in [-0.1, -0.05) is 53.4 Å². The van der Waals surface area contributed by atoms with Crippen molar-refractivity contribution in [2.75, 3.05) is 11.1 Å². The van der Waals surface area contributed by atoms with Crippen LogP contribution in [0, 0.1) is 0 Å². The van der Waals surface area contributed by atoms with Gasteiger partial charge in [-0.25, -0.2) is 0 Å². The molecule has 0 spiro atoms. The van der Waals surface area contributed by atoms with Gasteiger partial charge in [0.2, 0.25) is 11.0 Å². The third-order valence-corrected chi connectivity index (χ3v) is 4.43. The molecule has 0 saturated heterocycles. The van der Waals surface area contributed by atoms with Crippen LogP contribution in [-0.2, 0) is 11.8 Å². The number of benzene rings is 1. The van der Waals surface area contributed by atoms with Crippen LogP contribution in [0.5, 0.6) is 0 Å². The predicted octanol–water partition coefficient (Wildman–Crippen LogP) is 2.06. The molecule has 7 nitrogen and oxygen atoms in total. The van der Waals surface area contributed by atoms with Crippen LogP contribution >= 0.6 is 23.1 Å². The van der Waals surface area contributed by atoms with Crippen molar-refractivity contribution in [1.82, 2.24) is 25.0 Å². The highest BCUT2D eigenvalue weighted by Gasteiger charge is 2.13. The van der Waals surface area contributed by atoms with E-state index in [4.69, 9.17) is 0 Å². The van der Waals surface area contributed by atoms with Gasteiger partial charge in [0.05, 0.1) is 5.75 Å². The summed E-state index contributed by atoms with van der Waals surface area (Å²) in [5.74, 6) is 0.860. The Hall–Kier alpha value is -2.26. The molecule has 1 N–H and O–H groups in total. The molecule has 2 heterocycles. The second kappa shape index (κ2) is 6.67. The van der Waals surface area contributed by atoms with Gasteiger partial charge < -0.3 is 4.57 Å². The Labute approximate surface area is 134 Å². The van der Waals surface area contributed by atoms with Crippen molar-refractivity contribution in [3.8, 4) is 11.4 Å². The molecule has 0 unspecified atom stereocenters. The number of amides is 1. The molecule has 22 heavy (non-hydrogen) atoms. The molecule has 0 bridgehead atoms. The van der Waals surface area contributed by atoms with Gasteiger partial charge in [-0.2, -0.15) is 0 Å². The molecule has 0 aliphatic heterocycles. The lowest BCUT2D eigenvalue weighted by molar-refractivity contribution is -0.113. The van der Waals surface area contributed by atoms with Gasteiger partial charge in [-0.05, 0) is 0 Å². The van der Waals surface area contributed by atoms with Crippen LogP contribution in [0.1, 0.15) is 0 Å². The number of nitrogens with zero attached hydrogens (tertiary/aromatic N) is 5.